The molecule has 0 saturated heterocycles. The van der Waals surface area contributed by atoms with E-state index < -0.39 is 0 Å². The predicted octanol–water partition coefficient (Wildman–Crippen LogP) is 1.23. The number of nitrogens with zero attached hydrogens (tertiary/aromatic N) is 2. The first-order valence-electron chi connectivity index (χ1n) is 6.76. The van der Waals surface area contributed by atoms with E-state index in [1.54, 1.807) is 19.0 Å². The van der Waals surface area contributed by atoms with Crippen LogP contribution in [0.15, 0.2) is 18.2 Å². The minimum Gasteiger partial charge on any atom is -0.490 e. The highest BCUT2D eigenvalue weighted by molar-refractivity contribution is 5.75. The molecule has 0 radical (unpaired) electrons. The van der Waals surface area contributed by atoms with E-state index in [4.69, 9.17) is 10.5 Å². The van der Waals surface area contributed by atoms with E-state index in [0.717, 1.165) is 12.1 Å². The molecule has 0 aliphatic heterocycles. The summed E-state index contributed by atoms with van der Waals surface area (Å²) in [6.07, 6.45) is 1.19. The normalized spacial score (nSPS) is 10.7. The summed E-state index contributed by atoms with van der Waals surface area (Å²) >= 11 is 0. The van der Waals surface area contributed by atoms with Crippen molar-refractivity contribution < 1.29 is 9.53 Å². The maximum atomic E-state index is 11.5. The lowest BCUT2D eigenvalue weighted by atomic mass is 10.1. The molecule has 1 aromatic rings. The second kappa shape index (κ2) is 7.75. The van der Waals surface area contributed by atoms with Crippen molar-refractivity contribution in [3.8, 4) is 5.75 Å². The summed E-state index contributed by atoms with van der Waals surface area (Å²) in [6.45, 7) is 1.45. The Labute approximate surface area is 121 Å². The summed E-state index contributed by atoms with van der Waals surface area (Å²) in [7, 11) is 7.52. The molecule has 1 aromatic carbocycles. The highest BCUT2D eigenvalue weighted by Gasteiger charge is 2.06. The Morgan fingerprint density at radius 3 is 2.50 bits per heavy atom. The lowest BCUT2D eigenvalue weighted by Gasteiger charge is -2.13. The lowest BCUT2D eigenvalue weighted by Crippen LogP contribution is -2.21. The van der Waals surface area contributed by atoms with Crippen molar-refractivity contribution >= 4 is 11.6 Å². The summed E-state index contributed by atoms with van der Waals surface area (Å²) < 4.78 is 5.62. The predicted molar refractivity (Wildman–Crippen MR) is 81.9 cm³/mol. The van der Waals surface area contributed by atoms with E-state index in [0.29, 0.717) is 30.9 Å². The molecule has 0 aliphatic carbocycles. The molecule has 0 fully saturated rings. The van der Waals surface area contributed by atoms with Crippen molar-refractivity contribution in [3.63, 3.8) is 0 Å². The summed E-state index contributed by atoms with van der Waals surface area (Å²) in [5, 5.41) is 0. The van der Waals surface area contributed by atoms with Crippen LogP contribution in [0.2, 0.25) is 0 Å². The standard InChI is InChI=1S/C15H25N3O2/c1-17(2)9-10-20-14-7-5-12(11-13(14)16)6-8-15(19)18(3)4/h5,7,11H,6,8-10,16H2,1-4H3. The van der Waals surface area contributed by atoms with Gasteiger partial charge in [0.1, 0.15) is 12.4 Å². The Hall–Kier alpha value is -1.75. The molecule has 0 aromatic heterocycles. The van der Waals surface area contributed by atoms with E-state index in [1.165, 1.54) is 0 Å². The molecule has 1 rings (SSSR count). The number of nitrogens with two attached hydrogens (primary N) is 1. The maximum absolute atomic E-state index is 11.5. The Morgan fingerprint density at radius 2 is 1.95 bits per heavy atom. The molecular weight excluding hydrogens is 254 g/mol. The molecule has 0 heterocycles. The molecule has 5 heteroatoms. The van der Waals surface area contributed by atoms with E-state index >= 15 is 0 Å². The number of carbonyl (C=O) groups excluding carboxylic acids is 1. The molecule has 20 heavy (non-hydrogen) atoms. The third-order valence-electron chi connectivity index (χ3n) is 3.00. The Bertz CT molecular complexity index is 445. The topological polar surface area (TPSA) is 58.8 Å². The van der Waals surface area contributed by atoms with Gasteiger partial charge in [0, 0.05) is 27.1 Å². The van der Waals surface area contributed by atoms with Gasteiger partial charge in [0.05, 0.1) is 5.69 Å². The van der Waals surface area contributed by atoms with Gasteiger partial charge in [-0.2, -0.15) is 0 Å². The number of anilines is 1. The number of benzene rings is 1. The number of hydrogen-bond acceptors (Lipinski definition) is 4. The van der Waals surface area contributed by atoms with Crippen LogP contribution < -0.4 is 10.5 Å². The largest absolute Gasteiger partial charge is 0.490 e. The average molecular weight is 279 g/mol. The van der Waals surface area contributed by atoms with Gasteiger partial charge in [0.25, 0.3) is 0 Å². The van der Waals surface area contributed by atoms with Crippen LogP contribution in [0.25, 0.3) is 0 Å². The Kier molecular flexibility index (Phi) is 6.31. The summed E-state index contributed by atoms with van der Waals surface area (Å²) in [4.78, 5) is 15.2. The van der Waals surface area contributed by atoms with Gasteiger partial charge in [-0.25, -0.2) is 0 Å². The van der Waals surface area contributed by atoms with Crippen molar-refractivity contribution in [2.75, 3.05) is 47.1 Å². The fraction of sp³-hybridized carbons (Fsp3) is 0.533. The number of amides is 1. The number of rotatable bonds is 7. The van der Waals surface area contributed by atoms with Crippen molar-refractivity contribution in [1.29, 1.82) is 0 Å². The van der Waals surface area contributed by atoms with Crippen LogP contribution in [0.5, 0.6) is 5.75 Å². The van der Waals surface area contributed by atoms with Crippen molar-refractivity contribution in [1.82, 2.24) is 9.80 Å². The number of carbonyl (C=O) groups is 1. The van der Waals surface area contributed by atoms with Gasteiger partial charge < -0.3 is 20.3 Å². The van der Waals surface area contributed by atoms with Crippen LogP contribution in [-0.4, -0.2) is 57.0 Å². The smallest absolute Gasteiger partial charge is 0.222 e. The summed E-state index contributed by atoms with van der Waals surface area (Å²) in [5.74, 6) is 0.824. The zero-order valence-electron chi connectivity index (χ0n) is 12.8. The van der Waals surface area contributed by atoms with E-state index in [2.05, 4.69) is 4.90 Å². The molecule has 5 nitrogen and oxygen atoms in total. The molecular formula is C15H25N3O2. The zero-order chi connectivity index (χ0) is 15.1. The van der Waals surface area contributed by atoms with E-state index in [1.807, 2.05) is 32.3 Å². The fourth-order valence-electron chi connectivity index (χ4n) is 1.70. The molecule has 0 unspecified atom stereocenters. The number of aryl methyl sites for hydroxylation is 1. The molecule has 1 amide bonds. The minimum atomic E-state index is 0.120. The number of hydrogen-bond donors (Lipinski definition) is 1. The van der Waals surface area contributed by atoms with Gasteiger partial charge in [-0.15, -0.1) is 0 Å². The second-order valence-electron chi connectivity index (χ2n) is 5.31. The van der Waals surface area contributed by atoms with Crippen molar-refractivity contribution in [2.45, 2.75) is 12.8 Å². The lowest BCUT2D eigenvalue weighted by molar-refractivity contribution is -0.128. The number of nitrogen functional groups attached to an aromatic ring is 1. The summed E-state index contributed by atoms with van der Waals surface area (Å²) in [6, 6.07) is 5.72. The first kappa shape index (κ1) is 16.3. The fourth-order valence-corrected chi connectivity index (χ4v) is 1.70. The Balaban J connectivity index is 2.52. The molecule has 0 bridgehead atoms. The highest BCUT2D eigenvalue weighted by Crippen LogP contribution is 2.23. The quantitative estimate of drug-likeness (QED) is 0.763. The molecule has 0 saturated carbocycles. The Morgan fingerprint density at radius 1 is 1.25 bits per heavy atom. The number of likely N-dealkylation sites (N-methyl/N-ethyl adjacent to an activating group) is 1. The molecule has 0 aliphatic rings. The van der Waals surface area contributed by atoms with Crippen LogP contribution in [0.1, 0.15) is 12.0 Å². The first-order chi connectivity index (χ1) is 9.40. The SMILES string of the molecule is CN(C)CCOc1ccc(CCC(=O)N(C)C)cc1N. The molecule has 0 atom stereocenters. The second-order valence-corrected chi connectivity index (χ2v) is 5.31. The average Bonchev–Trinajstić information content (AvgIpc) is 2.37. The molecule has 112 valence electrons. The monoisotopic (exact) mass is 279 g/mol. The third-order valence-corrected chi connectivity index (χ3v) is 3.00. The van der Waals surface area contributed by atoms with Gasteiger partial charge >= 0.3 is 0 Å². The van der Waals surface area contributed by atoms with Gasteiger partial charge in [0.2, 0.25) is 5.91 Å². The first-order valence-corrected chi connectivity index (χ1v) is 6.76. The van der Waals surface area contributed by atoms with Gasteiger partial charge in [0.15, 0.2) is 0 Å². The van der Waals surface area contributed by atoms with Crippen LogP contribution in [0.4, 0.5) is 5.69 Å². The van der Waals surface area contributed by atoms with Crippen LogP contribution >= 0.6 is 0 Å². The van der Waals surface area contributed by atoms with Gasteiger partial charge in [-0.1, -0.05) is 6.07 Å². The molecule has 2 N–H and O–H groups in total. The van der Waals surface area contributed by atoms with Crippen LogP contribution in [-0.2, 0) is 11.2 Å². The van der Waals surface area contributed by atoms with Crippen LogP contribution in [0.3, 0.4) is 0 Å². The minimum absolute atomic E-state index is 0.120. The zero-order valence-corrected chi connectivity index (χ0v) is 12.8. The number of ether oxygens (including phenoxy) is 1. The van der Waals surface area contributed by atoms with E-state index in [-0.39, 0.29) is 5.91 Å². The van der Waals surface area contributed by atoms with Crippen molar-refractivity contribution in [2.24, 2.45) is 0 Å². The maximum Gasteiger partial charge on any atom is 0.222 e. The van der Waals surface area contributed by atoms with E-state index in [9.17, 15) is 4.79 Å². The highest BCUT2D eigenvalue weighted by atomic mass is 16.5. The van der Waals surface area contributed by atoms with Gasteiger partial charge in [-0.05, 0) is 38.2 Å². The summed E-state index contributed by atoms with van der Waals surface area (Å²) in [5.41, 5.74) is 7.65. The third kappa shape index (κ3) is 5.48. The van der Waals surface area contributed by atoms with Gasteiger partial charge in [-0.3, -0.25) is 4.79 Å². The molecule has 0 spiro atoms. The van der Waals surface area contributed by atoms with Crippen molar-refractivity contribution in [3.05, 3.63) is 23.8 Å². The van der Waals surface area contributed by atoms with Crippen LogP contribution in [0, 0.1) is 0 Å².